The number of nitrogens with zero attached hydrogens (tertiary/aromatic N) is 3. The first-order valence-electron chi connectivity index (χ1n) is 5.87. The quantitative estimate of drug-likeness (QED) is 0.765. The van der Waals surface area contributed by atoms with Gasteiger partial charge in [0.15, 0.2) is 0 Å². The average molecular weight is 286 g/mol. The number of carboxylic acids is 1. The van der Waals surface area contributed by atoms with Gasteiger partial charge in [0.2, 0.25) is 5.91 Å². The minimum atomic E-state index is -1.03. The number of aliphatic carboxylic acids is 1. The number of nitrogens with one attached hydrogen (secondary N) is 1. The van der Waals surface area contributed by atoms with Gasteiger partial charge >= 0.3 is 5.97 Å². The average Bonchev–Trinajstić information content (AvgIpc) is 2.75. The number of hydrogen-bond acceptors (Lipinski definition) is 5. The van der Waals surface area contributed by atoms with E-state index in [-0.39, 0.29) is 11.9 Å². The lowest BCUT2D eigenvalue weighted by atomic mass is 10.3. The first-order valence-corrected chi connectivity index (χ1v) is 7.03. The highest BCUT2D eigenvalue weighted by atomic mass is 32.2. The normalized spacial score (nSPS) is 12.4. The third-order valence-electron chi connectivity index (χ3n) is 2.33. The SMILES string of the molecule is CC(=O)NC(CSCc1ncnn1C(C)C)C(=O)O. The Kier molecular flexibility index (Phi) is 5.81. The molecule has 1 rings (SSSR count). The molecule has 0 saturated heterocycles. The van der Waals surface area contributed by atoms with Gasteiger partial charge < -0.3 is 10.4 Å². The maximum atomic E-state index is 10.9. The van der Waals surface area contributed by atoms with Crippen LogP contribution in [0.1, 0.15) is 32.6 Å². The fourth-order valence-corrected chi connectivity index (χ4v) is 2.47. The Bertz CT molecular complexity index is 447. The van der Waals surface area contributed by atoms with E-state index in [1.165, 1.54) is 25.0 Å². The van der Waals surface area contributed by atoms with E-state index in [0.717, 1.165) is 5.82 Å². The van der Waals surface area contributed by atoms with Crippen LogP contribution in [-0.4, -0.2) is 43.5 Å². The van der Waals surface area contributed by atoms with E-state index in [2.05, 4.69) is 15.4 Å². The van der Waals surface area contributed by atoms with Gasteiger partial charge in [0.05, 0.1) is 5.75 Å². The van der Waals surface area contributed by atoms with Crippen LogP contribution in [0.2, 0.25) is 0 Å². The summed E-state index contributed by atoms with van der Waals surface area (Å²) in [4.78, 5) is 26.0. The maximum absolute atomic E-state index is 10.9. The molecule has 0 aliphatic heterocycles. The Hall–Kier alpha value is -1.57. The molecule has 0 aliphatic carbocycles. The smallest absolute Gasteiger partial charge is 0.327 e. The molecule has 2 N–H and O–H groups in total. The fourth-order valence-electron chi connectivity index (χ4n) is 1.50. The summed E-state index contributed by atoms with van der Waals surface area (Å²) in [5, 5.41) is 15.5. The molecule has 7 nitrogen and oxygen atoms in total. The standard InChI is InChI=1S/C11H18N4O3S/c1-7(2)15-10(12-6-13-15)5-19-4-9(11(17)18)14-8(3)16/h6-7,9H,4-5H2,1-3H3,(H,14,16)(H,17,18). The predicted molar refractivity (Wildman–Crippen MR) is 71.8 cm³/mol. The molecule has 0 spiro atoms. The molecule has 1 aromatic heterocycles. The van der Waals surface area contributed by atoms with E-state index in [0.29, 0.717) is 11.5 Å². The van der Waals surface area contributed by atoms with Crippen LogP contribution < -0.4 is 5.32 Å². The molecular formula is C11H18N4O3S. The van der Waals surface area contributed by atoms with Crippen molar-refractivity contribution in [2.75, 3.05) is 5.75 Å². The summed E-state index contributed by atoms with van der Waals surface area (Å²) in [7, 11) is 0. The molecular weight excluding hydrogens is 268 g/mol. The van der Waals surface area contributed by atoms with Crippen molar-refractivity contribution in [1.82, 2.24) is 20.1 Å². The Balaban J connectivity index is 2.50. The van der Waals surface area contributed by atoms with Crippen LogP contribution in [0, 0.1) is 0 Å². The molecule has 1 heterocycles. The van der Waals surface area contributed by atoms with Gasteiger partial charge in [-0.2, -0.15) is 16.9 Å². The van der Waals surface area contributed by atoms with Crippen molar-refractivity contribution in [3.63, 3.8) is 0 Å². The van der Waals surface area contributed by atoms with E-state index in [4.69, 9.17) is 5.11 Å². The van der Waals surface area contributed by atoms with Gasteiger partial charge in [-0.25, -0.2) is 14.5 Å². The Labute approximate surface area is 115 Å². The first kappa shape index (κ1) is 15.5. The third kappa shape index (κ3) is 4.90. The van der Waals surface area contributed by atoms with Crippen molar-refractivity contribution >= 4 is 23.6 Å². The predicted octanol–water partition coefficient (Wildman–Crippen LogP) is 0.681. The van der Waals surface area contributed by atoms with Gasteiger partial charge in [-0.3, -0.25) is 4.79 Å². The van der Waals surface area contributed by atoms with Crippen LogP contribution >= 0.6 is 11.8 Å². The van der Waals surface area contributed by atoms with Gasteiger partial charge in [-0.15, -0.1) is 0 Å². The summed E-state index contributed by atoms with van der Waals surface area (Å²) < 4.78 is 1.79. The van der Waals surface area contributed by atoms with Gasteiger partial charge in [-0.1, -0.05) is 0 Å². The van der Waals surface area contributed by atoms with Crippen LogP contribution in [0.5, 0.6) is 0 Å². The van der Waals surface area contributed by atoms with Crippen LogP contribution in [0.25, 0.3) is 0 Å². The van der Waals surface area contributed by atoms with Crippen molar-refractivity contribution in [2.45, 2.75) is 38.6 Å². The minimum absolute atomic E-state index is 0.212. The fraction of sp³-hybridized carbons (Fsp3) is 0.636. The molecule has 1 unspecified atom stereocenters. The first-order chi connectivity index (χ1) is 8.91. The highest BCUT2D eigenvalue weighted by Gasteiger charge is 2.18. The lowest BCUT2D eigenvalue weighted by Gasteiger charge is -2.13. The highest BCUT2D eigenvalue weighted by Crippen LogP contribution is 2.14. The van der Waals surface area contributed by atoms with Crippen LogP contribution in [0.15, 0.2) is 6.33 Å². The molecule has 0 radical (unpaired) electrons. The van der Waals surface area contributed by atoms with E-state index >= 15 is 0 Å². The van der Waals surface area contributed by atoms with E-state index in [1.807, 2.05) is 13.8 Å². The molecule has 0 aliphatic rings. The number of amides is 1. The van der Waals surface area contributed by atoms with Crippen molar-refractivity contribution in [3.8, 4) is 0 Å². The molecule has 19 heavy (non-hydrogen) atoms. The number of hydrogen-bond donors (Lipinski definition) is 2. The second-order valence-corrected chi connectivity index (χ2v) is 5.35. The molecule has 106 valence electrons. The zero-order valence-corrected chi connectivity index (χ0v) is 12.0. The number of carboxylic acid groups (broad SMARTS) is 1. The van der Waals surface area contributed by atoms with Crippen molar-refractivity contribution in [3.05, 3.63) is 12.2 Å². The summed E-state index contributed by atoms with van der Waals surface area (Å²) in [6.45, 7) is 5.30. The summed E-state index contributed by atoms with van der Waals surface area (Å²) in [5.41, 5.74) is 0. The van der Waals surface area contributed by atoms with Gasteiger partial charge in [0.25, 0.3) is 0 Å². The third-order valence-corrected chi connectivity index (χ3v) is 3.36. The van der Waals surface area contributed by atoms with Crippen molar-refractivity contribution in [2.24, 2.45) is 0 Å². The molecule has 1 atom stereocenters. The lowest BCUT2D eigenvalue weighted by molar-refractivity contribution is -0.140. The number of thioether (sulfide) groups is 1. The number of carbonyl (C=O) groups excluding carboxylic acids is 1. The van der Waals surface area contributed by atoms with Gasteiger partial charge in [-0.05, 0) is 13.8 Å². The highest BCUT2D eigenvalue weighted by molar-refractivity contribution is 7.98. The van der Waals surface area contributed by atoms with Crippen LogP contribution in [0.3, 0.4) is 0 Å². The minimum Gasteiger partial charge on any atom is -0.480 e. The van der Waals surface area contributed by atoms with Gasteiger partial charge in [0, 0.05) is 18.7 Å². The van der Waals surface area contributed by atoms with Crippen LogP contribution in [-0.2, 0) is 15.3 Å². The number of carbonyl (C=O) groups is 2. The molecule has 0 saturated carbocycles. The zero-order chi connectivity index (χ0) is 14.4. The maximum Gasteiger partial charge on any atom is 0.327 e. The molecule has 0 bridgehead atoms. The number of aromatic nitrogens is 3. The summed E-state index contributed by atoms with van der Waals surface area (Å²) >= 11 is 1.40. The van der Waals surface area contributed by atoms with Gasteiger partial charge in [0.1, 0.15) is 18.2 Å². The van der Waals surface area contributed by atoms with E-state index < -0.39 is 12.0 Å². The van der Waals surface area contributed by atoms with Crippen molar-refractivity contribution in [1.29, 1.82) is 0 Å². The lowest BCUT2D eigenvalue weighted by Crippen LogP contribution is -2.41. The summed E-state index contributed by atoms with van der Waals surface area (Å²) in [6, 6.07) is -0.665. The zero-order valence-electron chi connectivity index (χ0n) is 11.2. The van der Waals surface area contributed by atoms with Crippen LogP contribution in [0.4, 0.5) is 0 Å². The summed E-state index contributed by atoms with van der Waals surface area (Å²) in [6.07, 6.45) is 1.48. The van der Waals surface area contributed by atoms with E-state index in [9.17, 15) is 9.59 Å². The molecule has 1 aromatic rings. The molecule has 8 heteroatoms. The molecule has 0 fully saturated rings. The largest absolute Gasteiger partial charge is 0.480 e. The second kappa shape index (κ2) is 7.13. The Morgan fingerprint density at radius 1 is 1.53 bits per heavy atom. The monoisotopic (exact) mass is 286 g/mol. The van der Waals surface area contributed by atoms with Crippen molar-refractivity contribution < 1.29 is 14.7 Å². The summed E-state index contributed by atoms with van der Waals surface area (Å²) in [5.74, 6) is 0.264. The topological polar surface area (TPSA) is 97.1 Å². The molecule has 1 amide bonds. The Morgan fingerprint density at radius 2 is 2.21 bits per heavy atom. The second-order valence-electron chi connectivity index (χ2n) is 4.32. The molecule has 0 aromatic carbocycles. The number of rotatable bonds is 7. The Morgan fingerprint density at radius 3 is 2.74 bits per heavy atom. The van der Waals surface area contributed by atoms with E-state index in [1.54, 1.807) is 4.68 Å².